The summed E-state index contributed by atoms with van der Waals surface area (Å²) in [5.74, 6) is -1.86. The van der Waals surface area contributed by atoms with Crippen molar-refractivity contribution in [2.45, 2.75) is 38.9 Å². The third-order valence-electron chi connectivity index (χ3n) is 9.66. The molecule has 0 radical (unpaired) electrons. The normalized spacial score (nSPS) is 13.2. The Labute approximate surface area is 413 Å². The number of rotatable bonds is 14. The number of alkyl halides is 1. The number of carbonyl (C=O) groups excluding carboxylic acids is 4. The molecule has 21 nitrogen and oxygen atoms in total. The molecule has 4 amide bonds. The van der Waals surface area contributed by atoms with Gasteiger partial charge in [-0.1, -0.05) is 57.4 Å². The number of aromatic nitrogens is 10. The van der Waals surface area contributed by atoms with Gasteiger partial charge in [-0.2, -0.15) is 5.26 Å². The van der Waals surface area contributed by atoms with Crippen molar-refractivity contribution >= 4 is 70.4 Å². The van der Waals surface area contributed by atoms with E-state index >= 15 is 0 Å². The molecule has 0 saturated heterocycles. The van der Waals surface area contributed by atoms with Gasteiger partial charge in [-0.3, -0.25) is 29.6 Å². The van der Waals surface area contributed by atoms with Gasteiger partial charge >= 0.3 is 12.2 Å². The molecule has 0 aromatic carbocycles. The quantitative estimate of drug-likeness (QED) is 0.0454. The Morgan fingerprint density at radius 2 is 1.39 bits per heavy atom. The zero-order valence-corrected chi connectivity index (χ0v) is 39.9. The second-order valence-corrected chi connectivity index (χ2v) is 15.5. The van der Waals surface area contributed by atoms with E-state index in [0.717, 1.165) is 12.3 Å². The maximum absolute atomic E-state index is 14.7. The predicted octanol–water partition coefficient (Wildman–Crippen LogP) is 8.31. The lowest BCUT2D eigenvalue weighted by atomic mass is 9.93. The van der Waals surface area contributed by atoms with E-state index in [0.29, 0.717) is 23.2 Å². The average Bonchev–Trinajstić information content (AvgIpc) is 3.87. The first kappa shape index (κ1) is 53.0. The number of amides is 4. The summed E-state index contributed by atoms with van der Waals surface area (Å²) < 4.78 is 40.2. The fraction of sp³-hybridized carbons (Fsp3) is 0.250. The molecule has 0 saturated carbocycles. The summed E-state index contributed by atoms with van der Waals surface area (Å²) in [6, 6.07) is 12.8. The van der Waals surface area contributed by atoms with Gasteiger partial charge in [-0.15, -0.1) is 23.4 Å². The van der Waals surface area contributed by atoms with Gasteiger partial charge in [0.25, 0.3) is 11.8 Å². The van der Waals surface area contributed by atoms with Crippen LogP contribution in [0.1, 0.15) is 70.7 Å². The average molecular weight is 1020 g/mol. The fourth-order valence-corrected chi connectivity index (χ4v) is 6.89. The van der Waals surface area contributed by atoms with E-state index in [1.54, 1.807) is 51.2 Å². The lowest BCUT2D eigenvalue weighted by Crippen LogP contribution is -2.28. The minimum absolute atomic E-state index is 0.0241. The number of ether oxygens (including phenoxy) is 2. The first-order valence-corrected chi connectivity index (χ1v) is 21.8. The van der Waals surface area contributed by atoms with E-state index in [1.807, 2.05) is 0 Å². The summed E-state index contributed by atoms with van der Waals surface area (Å²) in [5.41, 5.74) is 2.02. The van der Waals surface area contributed by atoms with Gasteiger partial charge in [0.1, 0.15) is 33.4 Å². The van der Waals surface area contributed by atoms with Gasteiger partial charge in [0.2, 0.25) is 0 Å². The largest absolute Gasteiger partial charge is 0.441 e. The molecule has 3 atom stereocenters. The van der Waals surface area contributed by atoms with Crippen LogP contribution in [-0.2, 0) is 23.6 Å². The zero-order chi connectivity index (χ0) is 51.1. The van der Waals surface area contributed by atoms with Gasteiger partial charge < -0.3 is 20.1 Å². The van der Waals surface area contributed by atoms with E-state index in [2.05, 4.69) is 81.1 Å². The lowest BCUT2D eigenvalue weighted by Gasteiger charge is -2.20. The Hall–Kier alpha value is -7.94. The summed E-state index contributed by atoms with van der Waals surface area (Å²) in [7, 11) is 3.07. The van der Waals surface area contributed by atoms with Crippen LogP contribution in [0.15, 0.2) is 86.0 Å². The van der Waals surface area contributed by atoms with Crippen molar-refractivity contribution in [1.82, 2.24) is 60.6 Å². The van der Waals surface area contributed by atoms with Gasteiger partial charge in [0.05, 0.1) is 35.5 Å². The number of nitrogens with one attached hydrogen (secondary N) is 4. The van der Waals surface area contributed by atoms with Crippen molar-refractivity contribution in [1.29, 1.82) is 5.26 Å². The molecule has 0 bridgehead atoms. The van der Waals surface area contributed by atoms with Crippen molar-refractivity contribution in [3.05, 3.63) is 130 Å². The van der Waals surface area contributed by atoms with Crippen LogP contribution in [0.5, 0.6) is 0 Å². The number of hydrogen-bond acceptors (Lipinski definition) is 15. The second kappa shape index (κ2) is 24.9. The van der Waals surface area contributed by atoms with Crippen molar-refractivity contribution < 1.29 is 37.4 Å². The number of nitriles is 1. The highest BCUT2D eigenvalue weighted by Gasteiger charge is 2.26. The molecular formula is C44H42Cl3F2N15O6. The van der Waals surface area contributed by atoms with E-state index in [9.17, 15) is 28.0 Å². The molecule has 6 heterocycles. The number of halogens is 5. The molecule has 6 aromatic heterocycles. The molecule has 70 heavy (non-hydrogen) atoms. The third-order valence-corrected chi connectivity index (χ3v) is 10.6. The molecule has 1 aliphatic carbocycles. The topological polar surface area (TPSA) is 272 Å². The molecule has 0 aliphatic heterocycles. The maximum Gasteiger partial charge on any atom is 0.413 e. The summed E-state index contributed by atoms with van der Waals surface area (Å²) in [6.07, 6.45) is 3.47. The summed E-state index contributed by atoms with van der Waals surface area (Å²) >= 11 is 18.3. The smallest absolute Gasteiger partial charge is 0.413 e. The van der Waals surface area contributed by atoms with Crippen LogP contribution in [0.25, 0.3) is 22.8 Å². The van der Waals surface area contributed by atoms with Crippen LogP contribution in [0, 0.1) is 23.1 Å². The number of hydrogen-bond donors (Lipinski definition) is 4. The summed E-state index contributed by atoms with van der Waals surface area (Å²) in [6.45, 7) is 8.81. The minimum atomic E-state index is -0.863. The molecule has 26 heteroatoms. The van der Waals surface area contributed by atoms with E-state index in [4.69, 9.17) is 49.5 Å². The molecular weight excluding hydrogens is 979 g/mol. The molecule has 364 valence electrons. The molecule has 4 N–H and O–H groups in total. The maximum atomic E-state index is 14.7. The standard InChI is InChI=1S/C22H18Cl2N8O3.C20H20ClF2N7O3.C2H4/c1-11(14-4-3-7-26-18(14)23)35-22(34)29-20-17(30-31-32(20)2)16-6-5-15(19(24)28-16)21(33)27-13-8-12(9-13)10-25;1-11(13-5-3-7-24-17(13)21)33-20(32)27-18-16(28-29-30(18)2)15-14(23)9-12(10-26-15)19(31)25-8-4-6-22;1-2/h3-8,11-12H,9H2,1-2H3,(H,27,33)(H,29,34);3,5,7,9-11H,4,6,8H2,1-2H3,(H,25,31)(H,27,32);1-2H2/t11-,12?;;/m1../s1. The first-order valence-electron chi connectivity index (χ1n) is 20.6. The Balaban J connectivity index is 0.000000252. The predicted molar refractivity (Wildman–Crippen MR) is 252 cm³/mol. The number of nitrogens with zero attached hydrogens (tertiary/aromatic N) is 11. The van der Waals surface area contributed by atoms with Gasteiger partial charge in [-0.05, 0) is 56.7 Å². The zero-order valence-electron chi connectivity index (χ0n) is 37.6. The Bertz CT molecular complexity index is 2950. The van der Waals surface area contributed by atoms with E-state index in [-0.39, 0.29) is 79.9 Å². The second-order valence-electron chi connectivity index (χ2n) is 14.4. The summed E-state index contributed by atoms with van der Waals surface area (Å²) in [5, 5.41) is 35.0. The van der Waals surface area contributed by atoms with Crippen molar-refractivity contribution in [2.75, 3.05) is 23.9 Å². The van der Waals surface area contributed by atoms with Crippen molar-refractivity contribution in [3.8, 4) is 28.8 Å². The molecule has 7 rings (SSSR count). The van der Waals surface area contributed by atoms with Crippen LogP contribution >= 0.6 is 34.8 Å². The van der Waals surface area contributed by atoms with Crippen LogP contribution in [0.4, 0.5) is 30.0 Å². The first-order chi connectivity index (χ1) is 33.6. The van der Waals surface area contributed by atoms with Crippen LogP contribution in [-0.4, -0.2) is 87.1 Å². The van der Waals surface area contributed by atoms with Crippen molar-refractivity contribution in [2.24, 2.45) is 20.0 Å². The monoisotopic (exact) mass is 1020 g/mol. The van der Waals surface area contributed by atoms with E-state index < -0.39 is 48.7 Å². The third kappa shape index (κ3) is 13.4. The van der Waals surface area contributed by atoms with Crippen LogP contribution < -0.4 is 21.3 Å². The molecule has 6 aromatic rings. The van der Waals surface area contributed by atoms with Gasteiger partial charge in [-0.25, -0.2) is 38.3 Å². The minimum Gasteiger partial charge on any atom is -0.441 e. The Morgan fingerprint density at radius 3 is 1.90 bits per heavy atom. The molecule has 1 aliphatic rings. The Kier molecular flexibility index (Phi) is 18.9. The van der Waals surface area contributed by atoms with Crippen molar-refractivity contribution in [3.63, 3.8) is 0 Å². The number of allylic oxidation sites excluding steroid dienone is 2. The van der Waals surface area contributed by atoms with Gasteiger partial charge in [0, 0.05) is 62.5 Å². The lowest BCUT2D eigenvalue weighted by molar-refractivity contribution is 0.0947. The molecule has 0 spiro atoms. The molecule has 2 unspecified atom stereocenters. The SMILES string of the molecule is C=C.CC(OC(=O)Nc1c(-c2ncc(C(=O)NCCCF)cc2F)nnn1C)c1cccnc1Cl.C[C@@H](OC(=O)Nc1c(-c2ccc(C(=O)NC3=CC(C#N)C3)c(Cl)n2)nnn1C)c1cccnc1Cl. The number of pyridine rings is 4. The van der Waals surface area contributed by atoms with Crippen LogP contribution in [0.2, 0.25) is 15.5 Å². The highest BCUT2D eigenvalue weighted by molar-refractivity contribution is 6.33. The highest BCUT2D eigenvalue weighted by Crippen LogP contribution is 2.31. The number of carbonyl (C=O) groups is 4. The summed E-state index contributed by atoms with van der Waals surface area (Å²) in [4.78, 5) is 65.6. The highest BCUT2D eigenvalue weighted by atomic mass is 35.5. The number of aryl methyl sites for hydroxylation is 2. The Morgan fingerprint density at radius 1 is 0.829 bits per heavy atom. The fourth-order valence-electron chi connectivity index (χ4n) is 6.11. The van der Waals surface area contributed by atoms with Gasteiger partial charge in [0.15, 0.2) is 28.8 Å². The molecule has 0 fully saturated rings. The van der Waals surface area contributed by atoms with Crippen LogP contribution in [0.3, 0.4) is 0 Å². The number of anilines is 2. The van der Waals surface area contributed by atoms with E-state index in [1.165, 1.54) is 40.9 Å².